The number of carbonyl (C=O) groups is 1. The number of nitrogens with zero attached hydrogens (tertiary/aromatic N) is 4. The molecule has 0 radical (unpaired) electrons. The summed E-state index contributed by atoms with van der Waals surface area (Å²) in [5, 5.41) is 3.59. The maximum Gasteiger partial charge on any atom is 0.224 e. The molecule has 0 aliphatic heterocycles. The third kappa shape index (κ3) is 3.55. The van der Waals surface area contributed by atoms with E-state index in [-0.39, 0.29) is 5.91 Å². The van der Waals surface area contributed by atoms with Crippen LogP contribution in [-0.2, 0) is 18.3 Å². The first-order valence-electron chi connectivity index (χ1n) is 9.06. The van der Waals surface area contributed by atoms with Crippen molar-refractivity contribution in [1.29, 1.82) is 0 Å². The molecule has 0 spiro atoms. The minimum atomic E-state index is -0.0683. The van der Waals surface area contributed by atoms with Gasteiger partial charge in [-0.25, -0.2) is 15.0 Å². The summed E-state index contributed by atoms with van der Waals surface area (Å²) in [7, 11) is 1.95. The van der Waals surface area contributed by atoms with Crippen molar-refractivity contribution >= 4 is 45.3 Å². The van der Waals surface area contributed by atoms with E-state index < -0.39 is 0 Å². The topological polar surface area (TPSA) is 72.7 Å². The zero-order valence-electron chi connectivity index (χ0n) is 16.0. The fraction of sp³-hybridized carbons (Fsp3) is 0.238. The monoisotopic (exact) mass is 393 g/mol. The van der Waals surface area contributed by atoms with Crippen molar-refractivity contribution in [3.63, 3.8) is 0 Å². The first-order valence-corrected chi connectivity index (χ1v) is 9.44. The smallest absolute Gasteiger partial charge is 0.224 e. The molecule has 4 aromatic rings. The Morgan fingerprint density at radius 1 is 1.00 bits per heavy atom. The molecule has 2 aromatic carbocycles. The number of anilines is 1. The van der Waals surface area contributed by atoms with E-state index in [2.05, 4.69) is 20.3 Å². The van der Waals surface area contributed by atoms with Gasteiger partial charge in [-0.2, -0.15) is 0 Å². The second-order valence-corrected chi connectivity index (χ2v) is 7.30. The first kappa shape index (κ1) is 18.4. The van der Waals surface area contributed by atoms with E-state index in [1.807, 2.05) is 61.9 Å². The highest BCUT2D eigenvalue weighted by atomic mass is 35.5. The standard InChI is InChI=1S/C21H20ClN5O/c1-12-13(2)24-17-11-15(5-6-16(17)23-12)25-21(28)9-8-20-26-18-10-14(22)4-7-19(18)27(20)3/h4-7,10-11H,8-9H2,1-3H3,(H,25,28). The van der Waals surface area contributed by atoms with Gasteiger partial charge in [-0.15, -0.1) is 0 Å². The van der Waals surface area contributed by atoms with E-state index in [4.69, 9.17) is 11.6 Å². The van der Waals surface area contributed by atoms with Crippen molar-refractivity contribution in [1.82, 2.24) is 19.5 Å². The number of hydrogen-bond donors (Lipinski definition) is 1. The van der Waals surface area contributed by atoms with Crippen molar-refractivity contribution in [2.24, 2.45) is 7.05 Å². The average molecular weight is 394 g/mol. The van der Waals surface area contributed by atoms with Crippen LogP contribution in [0.2, 0.25) is 5.02 Å². The zero-order chi connectivity index (χ0) is 19.8. The van der Waals surface area contributed by atoms with Gasteiger partial charge in [-0.05, 0) is 50.2 Å². The predicted molar refractivity (Wildman–Crippen MR) is 112 cm³/mol. The van der Waals surface area contributed by atoms with Crippen LogP contribution in [0.3, 0.4) is 0 Å². The minimum Gasteiger partial charge on any atom is -0.331 e. The summed E-state index contributed by atoms with van der Waals surface area (Å²) >= 11 is 6.03. The summed E-state index contributed by atoms with van der Waals surface area (Å²) in [6.07, 6.45) is 0.877. The molecule has 142 valence electrons. The highest BCUT2D eigenvalue weighted by Crippen LogP contribution is 2.21. The molecule has 2 aromatic heterocycles. The summed E-state index contributed by atoms with van der Waals surface area (Å²) in [4.78, 5) is 26.1. The van der Waals surface area contributed by atoms with Crippen LogP contribution in [0.1, 0.15) is 23.6 Å². The normalized spacial score (nSPS) is 11.3. The lowest BCUT2D eigenvalue weighted by atomic mass is 10.2. The van der Waals surface area contributed by atoms with E-state index in [0.717, 1.165) is 39.3 Å². The van der Waals surface area contributed by atoms with Crippen LogP contribution in [0.4, 0.5) is 5.69 Å². The Morgan fingerprint density at radius 3 is 2.54 bits per heavy atom. The molecular weight excluding hydrogens is 374 g/mol. The summed E-state index contributed by atoms with van der Waals surface area (Å²) in [6, 6.07) is 11.2. The number of nitrogens with one attached hydrogen (secondary N) is 1. The number of rotatable bonds is 4. The van der Waals surface area contributed by atoms with Gasteiger partial charge in [-0.1, -0.05) is 11.6 Å². The van der Waals surface area contributed by atoms with Crippen molar-refractivity contribution in [2.45, 2.75) is 26.7 Å². The summed E-state index contributed by atoms with van der Waals surface area (Å²) in [5.41, 5.74) is 5.94. The third-order valence-corrected chi connectivity index (χ3v) is 5.11. The number of benzene rings is 2. The number of aryl methyl sites for hydroxylation is 4. The second-order valence-electron chi connectivity index (χ2n) is 6.87. The predicted octanol–water partition coefficient (Wildman–Crippen LogP) is 4.36. The molecule has 2 heterocycles. The van der Waals surface area contributed by atoms with Crippen molar-refractivity contribution < 1.29 is 4.79 Å². The largest absolute Gasteiger partial charge is 0.331 e. The fourth-order valence-electron chi connectivity index (χ4n) is 3.20. The van der Waals surface area contributed by atoms with E-state index in [1.165, 1.54) is 0 Å². The molecule has 28 heavy (non-hydrogen) atoms. The highest BCUT2D eigenvalue weighted by molar-refractivity contribution is 6.31. The molecule has 6 nitrogen and oxygen atoms in total. The molecule has 0 bridgehead atoms. The minimum absolute atomic E-state index is 0.0683. The quantitative estimate of drug-likeness (QED) is 0.559. The van der Waals surface area contributed by atoms with Gasteiger partial charge in [0, 0.05) is 30.6 Å². The molecule has 0 fully saturated rings. The van der Waals surface area contributed by atoms with E-state index in [1.54, 1.807) is 0 Å². The lowest BCUT2D eigenvalue weighted by Crippen LogP contribution is -2.13. The number of halogens is 1. The van der Waals surface area contributed by atoms with E-state index in [9.17, 15) is 4.79 Å². The Balaban J connectivity index is 1.47. The van der Waals surface area contributed by atoms with Crippen LogP contribution in [0.5, 0.6) is 0 Å². The lowest BCUT2D eigenvalue weighted by Gasteiger charge is -2.08. The zero-order valence-corrected chi connectivity index (χ0v) is 16.7. The lowest BCUT2D eigenvalue weighted by molar-refractivity contribution is -0.116. The molecular formula is C21H20ClN5O. The number of aromatic nitrogens is 4. The van der Waals surface area contributed by atoms with Crippen LogP contribution >= 0.6 is 11.6 Å². The van der Waals surface area contributed by atoms with Gasteiger partial charge >= 0.3 is 0 Å². The van der Waals surface area contributed by atoms with Gasteiger partial charge in [0.15, 0.2) is 0 Å². The average Bonchev–Trinajstić information content (AvgIpc) is 2.96. The van der Waals surface area contributed by atoms with Gasteiger partial charge in [0.05, 0.1) is 33.5 Å². The number of fused-ring (bicyclic) bond motifs is 2. The molecule has 1 N–H and O–H groups in total. The van der Waals surface area contributed by atoms with Crippen LogP contribution < -0.4 is 5.32 Å². The number of carbonyl (C=O) groups excluding carboxylic acids is 1. The molecule has 0 saturated heterocycles. The van der Waals surface area contributed by atoms with Crippen molar-refractivity contribution in [2.75, 3.05) is 5.32 Å². The van der Waals surface area contributed by atoms with E-state index >= 15 is 0 Å². The third-order valence-electron chi connectivity index (χ3n) is 4.87. The Kier molecular flexibility index (Phi) is 4.73. The van der Waals surface area contributed by atoms with Crippen molar-refractivity contribution in [3.05, 3.63) is 58.6 Å². The Hall–Kier alpha value is -2.99. The number of amides is 1. The molecule has 0 saturated carbocycles. The molecule has 0 unspecified atom stereocenters. The maximum absolute atomic E-state index is 12.4. The van der Waals surface area contributed by atoms with Crippen LogP contribution in [-0.4, -0.2) is 25.4 Å². The van der Waals surface area contributed by atoms with Crippen LogP contribution in [0, 0.1) is 13.8 Å². The summed E-state index contributed by atoms with van der Waals surface area (Å²) in [5.74, 6) is 0.782. The summed E-state index contributed by atoms with van der Waals surface area (Å²) in [6.45, 7) is 3.86. The number of imidazole rings is 1. The van der Waals surface area contributed by atoms with Crippen LogP contribution in [0.25, 0.3) is 22.1 Å². The van der Waals surface area contributed by atoms with E-state index in [0.29, 0.717) is 23.6 Å². The first-order chi connectivity index (χ1) is 13.4. The SMILES string of the molecule is Cc1nc2ccc(NC(=O)CCc3nc4cc(Cl)ccc4n3C)cc2nc1C. The highest BCUT2D eigenvalue weighted by Gasteiger charge is 2.11. The number of hydrogen-bond acceptors (Lipinski definition) is 4. The molecule has 4 rings (SSSR count). The summed E-state index contributed by atoms with van der Waals surface area (Å²) < 4.78 is 2.00. The van der Waals surface area contributed by atoms with Gasteiger partial charge in [0.1, 0.15) is 5.82 Å². The van der Waals surface area contributed by atoms with Gasteiger partial charge < -0.3 is 9.88 Å². The molecule has 0 aliphatic carbocycles. The Labute approximate surface area is 167 Å². The Bertz CT molecular complexity index is 1210. The van der Waals surface area contributed by atoms with Gasteiger partial charge in [-0.3, -0.25) is 4.79 Å². The van der Waals surface area contributed by atoms with Gasteiger partial charge in [0.25, 0.3) is 0 Å². The van der Waals surface area contributed by atoms with Gasteiger partial charge in [0.2, 0.25) is 5.91 Å². The molecule has 0 aliphatic rings. The fourth-order valence-corrected chi connectivity index (χ4v) is 3.37. The second kappa shape index (κ2) is 7.20. The maximum atomic E-state index is 12.4. The molecule has 7 heteroatoms. The molecule has 1 amide bonds. The Morgan fingerprint density at radius 2 is 1.75 bits per heavy atom. The van der Waals surface area contributed by atoms with Crippen molar-refractivity contribution in [3.8, 4) is 0 Å². The van der Waals surface area contributed by atoms with Crippen LogP contribution in [0.15, 0.2) is 36.4 Å². The molecule has 0 atom stereocenters.